The molecule has 17 heavy (non-hydrogen) atoms. The molecular formula is C10H16N4O3. The maximum absolute atomic E-state index is 11.8. The third kappa shape index (κ3) is 2.43. The van der Waals surface area contributed by atoms with Crippen LogP contribution in [-0.2, 0) is 4.79 Å². The zero-order chi connectivity index (χ0) is 13.3. The van der Waals surface area contributed by atoms with Gasteiger partial charge in [-0.2, -0.15) is 15.4 Å². The highest BCUT2D eigenvalue weighted by molar-refractivity contribution is 5.93. The van der Waals surface area contributed by atoms with E-state index >= 15 is 0 Å². The minimum absolute atomic E-state index is 0.124. The molecule has 0 fully saturated rings. The smallest absolute Gasteiger partial charge is 0.311 e. The van der Waals surface area contributed by atoms with Crippen LogP contribution in [0.2, 0.25) is 0 Å². The fourth-order valence-corrected chi connectivity index (χ4v) is 1.08. The number of aromatic amines is 1. The van der Waals surface area contributed by atoms with Crippen LogP contribution in [0.25, 0.3) is 0 Å². The quantitative estimate of drug-likeness (QED) is 0.707. The number of carbonyl (C=O) groups excluding carboxylic acids is 1. The summed E-state index contributed by atoms with van der Waals surface area (Å²) in [6, 6.07) is 0. The second-order valence-corrected chi connectivity index (χ2v) is 4.86. The number of nitrogens with zero attached hydrogens (tertiary/aromatic N) is 2. The van der Waals surface area contributed by atoms with Crippen molar-refractivity contribution in [1.82, 2.24) is 20.7 Å². The maximum Gasteiger partial charge on any atom is 0.311 e. The van der Waals surface area contributed by atoms with Crippen molar-refractivity contribution in [3.63, 3.8) is 0 Å². The van der Waals surface area contributed by atoms with Crippen LogP contribution < -0.4 is 5.32 Å². The largest absolute Gasteiger partial charge is 0.481 e. The number of hydrogen-bond acceptors (Lipinski definition) is 4. The van der Waals surface area contributed by atoms with E-state index in [0.717, 1.165) is 0 Å². The summed E-state index contributed by atoms with van der Waals surface area (Å²) >= 11 is 0. The Kier molecular flexibility index (Phi) is 3.21. The van der Waals surface area contributed by atoms with E-state index in [1.165, 1.54) is 6.20 Å². The van der Waals surface area contributed by atoms with Gasteiger partial charge in [0.1, 0.15) is 0 Å². The number of carbonyl (C=O) groups is 2. The molecule has 0 aliphatic rings. The first-order chi connectivity index (χ1) is 7.68. The van der Waals surface area contributed by atoms with E-state index in [1.807, 2.05) is 0 Å². The number of carboxylic acids is 1. The summed E-state index contributed by atoms with van der Waals surface area (Å²) in [5.41, 5.74) is -1.90. The Hall–Kier alpha value is -1.92. The van der Waals surface area contributed by atoms with Crippen LogP contribution in [0.4, 0.5) is 0 Å². The minimum atomic E-state index is -1.10. The van der Waals surface area contributed by atoms with Gasteiger partial charge in [-0.25, -0.2) is 0 Å². The summed E-state index contributed by atoms with van der Waals surface area (Å²) in [4.78, 5) is 22.9. The normalized spacial score (nSPS) is 12.2. The lowest BCUT2D eigenvalue weighted by Gasteiger charge is -2.38. The highest BCUT2D eigenvalue weighted by Crippen LogP contribution is 2.30. The van der Waals surface area contributed by atoms with Gasteiger partial charge in [0.15, 0.2) is 5.69 Å². The fraction of sp³-hybridized carbons (Fsp3) is 0.600. The number of nitrogens with one attached hydrogen (secondary N) is 2. The van der Waals surface area contributed by atoms with Gasteiger partial charge in [-0.15, -0.1) is 0 Å². The fourth-order valence-electron chi connectivity index (χ4n) is 1.08. The van der Waals surface area contributed by atoms with Crippen molar-refractivity contribution in [3.05, 3.63) is 11.9 Å². The summed E-state index contributed by atoms with van der Waals surface area (Å²) in [5.74, 6) is -1.44. The van der Waals surface area contributed by atoms with Crippen molar-refractivity contribution in [3.8, 4) is 0 Å². The van der Waals surface area contributed by atoms with Crippen molar-refractivity contribution in [2.45, 2.75) is 33.2 Å². The molecule has 0 aliphatic heterocycles. The number of hydrogen-bond donors (Lipinski definition) is 3. The molecule has 1 rings (SSSR count). The molecule has 0 aromatic carbocycles. The topological polar surface area (TPSA) is 108 Å². The minimum Gasteiger partial charge on any atom is -0.481 e. The summed E-state index contributed by atoms with van der Waals surface area (Å²) in [5, 5.41) is 21.2. The average Bonchev–Trinajstić information content (AvgIpc) is 2.68. The lowest BCUT2D eigenvalue weighted by molar-refractivity contribution is -0.150. The van der Waals surface area contributed by atoms with Gasteiger partial charge in [0, 0.05) is 0 Å². The van der Waals surface area contributed by atoms with E-state index in [0.29, 0.717) is 0 Å². The first kappa shape index (κ1) is 13.1. The standard InChI is InChI=1S/C10H16N4O3/c1-9(2,8(16)17)10(3,4)12-7(15)6-5-11-14-13-6/h5H,1-4H3,(H,12,15)(H,16,17)(H,11,13,14). The van der Waals surface area contributed by atoms with E-state index in [-0.39, 0.29) is 5.69 Å². The Morgan fingerprint density at radius 1 is 1.35 bits per heavy atom. The molecule has 7 nitrogen and oxygen atoms in total. The van der Waals surface area contributed by atoms with E-state index in [2.05, 4.69) is 20.7 Å². The van der Waals surface area contributed by atoms with Crippen molar-refractivity contribution in [2.24, 2.45) is 5.41 Å². The van der Waals surface area contributed by atoms with E-state index in [1.54, 1.807) is 27.7 Å². The Bertz CT molecular complexity index is 423. The molecule has 0 bridgehead atoms. The lowest BCUT2D eigenvalue weighted by Crippen LogP contribution is -2.57. The Labute approximate surface area is 98.6 Å². The molecular weight excluding hydrogens is 224 g/mol. The van der Waals surface area contributed by atoms with Crippen molar-refractivity contribution in [2.75, 3.05) is 0 Å². The molecule has 0 saturated carbocycles. The average molecular weight is 240 g/mol. The van der Waals surface area contributed by atoms with Gasteiger partial charge in [0.05, 0.1) is 17.2 Å². The van der Waals surface area contributed by atoms with Gasteiger partial charge in [-0.1, -0.05) is 0 Å². The molecule has 3 N–H and O–H groups in total. The van der Waals surface area contributed by atoms with E-state index in [4.69, 9.17) is 5.11 Å². The van der Waals surface area contributed by atoms with Crippen LogP contribution in [0.3, 0.4) is 0 Å². The molecule has 0 saturated heterocycles. The van der Waals surface area contributed by atoms with Crippen LogP contribution in [0, 0.1) is 5.41 Å². The predicted molar refractivity (Wildman–Crippen MR) is 59.3 cm³/mol. The maximum atomic E-state index is 11.8. The number of rotatable bonds is 4. The SMILES string of the molecule is CC(C)(NC(=O)c1cn[nH]n1)C(C)(C)C(=O)O. The molecule has 1 aromatic heterocycles. The summed E-state index contributed by atoms with van der Waals surface area (Å²) in [6.07, 6.45) is 1.28. The van der Waals surface area contributed by atoms with Crippen LogP contribution >= 0.6 is 0 Å². The highest BCUT2D eigenvalue weighted by Gasteiger charge is 2.44. The third-order valence-electron chi connectivity index (χ3n) is 3.17. The molecule has 0 aliphatic carbocycles. The second kappa shape index (κ2) is 4.15. The van der Waals surface area contributed by atoms with Gasteiger partial charge in [-0.05, 0) is 27.7 Å². The molecule has 7 heteroatoms. The molecule has 0 unspecified atom stereocenters. The zero-order valence-electron chi connectivity index (χ0n) is 10.2. The molecule has 1 amide bonds. The van der Waals surface area contributed by atoms with Crippen LogP contribution in [0.1, 0.15) is 38.2 Å². The highest BCUT2D eigenvalue weighted by atomic mass is 16.4. The number of amides is 1. The molecule has 1 heterocycles. The van der Waals surface area contributed by atoms with E-state index < -0.39 is 22.8 Å². The first-order valence-electron chi connectivity index (χ1n) is 5.10. The second-order valence-electron chi connectivity index (χ2n) is 4.86. The lowest BCUT2D eigenvalue weighted by atomic mass is 9.74. The molecule has 94 valence electrons. The van der Waals surface area contributed by atoms with Crippen molar-refractivity contribution >= 4 is 11.9 Å². The molecule has 0 atom stereocenters. The summed E-state index contributed by atoms with van der Waals surface area (Å²) in [6.45, 7) is 6.41. The van der Waals surface area contributed by atoms with Crippen LogP contribution in [0.5, 0.6) is 0 Å². The zero-order valence-corrected chi connectivity index (χ0v) is 10.2. The Morgan fingerprint density at radius 2 is 1.94 bits per heavy atom. The Balaban J connectivity index is 2.87. The van der Waals surface area contributed by atoms with Crippen molar-refractivity contribution < 1.29 is 14.7 Å². The molecule has 0 spiro atoms. The molecule has 1 aromatic rings. The first-order valence-corrected chi connectivity index (χ1v) is 5.10. The monoisotopic (exact) mass is 240 g/mol. The summed E-state index contributed by atoms with van der Waals surface area (Å²) < 4.78 is 0. The van der Waals surface area contributed by atoms with E-state index in [9.17, 15) is 9.59 Å². The number of aromatic nitrogens is 3. The van der Waals surface area contributed by atoms with Crippen LogP contribution in [-0.4, -0.2) is 37.9 Å². The van der Waals surface area contributed by atoms with Gasteiger partial charge < -0.3 is 10.4 Å². The van der Waals surface area contributed by atoms with Gasteiger partial charge in [-0.3, -0.25) is 9.59 Å². The molecule has 0 radical (unpaired) electrons. The Morgan fingerprint density at radius 3 is 2.35 bits per heavy atom. The van der Waals surface area contributed by atoms with Crippen molar-refractivity contribution in [1.29, 1.82) is 0 Å². The predicted octanol–water partition coefficient (Wildman–Crippen LogP) is 0.424. The van der Waals surface area contributed by atoms with Crippen LogP contribution in [0.15, 0.2) is 6.20 Å². The third-order valence-corrected chi connectivity index (χ3v) is 3.17. The number of aliphatic carboxylic acids is 1. The number of H-pyrrole nitrogens is 1. The van der Waals surface area contributed by atoms with Gasteiger partial charge >= 0.3 is 5.97 Å². The van der Waals surface area contributed by atoms with Gasteiger partial charge in [0.25, 0.3) is 5.91 Å². The number of carboxylic acid groups (broad SMARTS) is 1. The van der Waals surface area contributed by atoms with Gasteiger partial charge in [0.2, 0.25) is 0 Å². The summed E-state index contributed by atoms with van der Waals surface area (Å²) in [7, 11) is 0.